The fraction of sp³-hybridized carbons (Fsp3) is 0.500. The van der Waals surface area contributed by atoms with Gasteiger partial charge in [-0.05, 0) is 49.9 Å². The molecule has 1 saturated carbocycles. The largest absolute Gasteiger partial charge is 0.398 e. The third-order valence-corrected chi connectivity index (χ3v) is 4.92. The molecule has 1 aliphatic rings. The monoisotopic (exact) mass is 254 g/mol. The highest BCUT2D eigenvalue weighted by atomic mass is 32.2. The number of nitrogens with two attached hydrogens (primary N) is 1. The van der Waals surface area contributed by atoms with Crippen molar-refractivity contribution >= 4 is 15.7 Å². The van der Waals surface area contributed by atoms with Crippen LogP contribution in [-0.4, -0.2) is 14.5 Å². The number of sulfonamides is 1. The zero-order valence-corrected chi connectivity index (χ0v) is 11.0. The fourth-order valence-electron chi connectivity index (χ4n) is 1.85. The molecule has 0 bridgehead atoms. The summed E-state index contributed by atoms with van der Waals surface area (Å²) in [6, 6.07) is 3.44. The van der Waals surface area contributed by atoms with E-state index < -0.39 is 10.0 Å². The summed E-state index contributed by atoms with van der Waals surface area (Å²) in [5, 5.41) is 0. The molecule has 1 aliphatic carbocycles. The van der Waals surface area contributed by atoms with Gasteiger partial charge in [0.2, 0.25) is 10.0 Å². The summed E-state index contributed by atoms with van der Waals surface area (Å²) >= 11 is 0. The van der Waals surface area contributed by atoms with E-state index in [4.69, 9.17) is 5.73 Å². The second-order valence-corrected chi connectivity index (χ2v) is 6.41. The Hall–Kier alpha value is -1.07. The molecule has 1 fully saturated rings. The molecule has 0 aliphatic heterocycles. The highest BCUT2D eigenvalue weighted by molar-refractivity contribution is 7.89. The Morgan fingerprint density at radius 2 is 1.82 bits per heavy atom. The molecule has 0 atom stereocenters. The van der Waals surface area contributed by atoms with E-state index in [0.717, 1.165) is 30.4 Å². The highest BCUT2D eigenvalue weighted by Crippen LogP contribution is 2.25. The molecule has 1 aromatic carbocycles. The third-order valence-electron chi connectivity index (χ3n) is 3.34. The number of nitrogens with one attached hydrogen (secondary N) is 1. The number of hydrogen-bond acceptors (Lipinski definition) is 3. The lowest BCUT2D eigenvalue weighted by Gasteiger charge is -2.26. The maximum absolute atomic E-state index is 12.1. The lowest BCUT2D eigenvalue weighted by atomic mass is 9.94. The smallest absolute Gasteiger partial charge is 0.242 e. The average Bonchev–Trinajstić information content (AvgIpc) is 2.17. The van der Waals surface area contributed by atoms with E-state index in [-0.39, 0.29) is 10.9 Å². The zero-order chi connectivity index (χ0) is 12.6. The van der Waals surface area contributed by atoms with Gasteiger partial charge in [0.25, 0.3) is 0 Å². The summed E-state index contributed by atoms with van der Waals surface area (Å²) in [4.78, 5) is 0.201. The van der Waals surface area contributed by atoms with Crippen LogP contribution in [0.1, 0.15) is 30.4 Å². The van der Waals surface area contributed by atoms with Gasteiger partial charge in [-0.1, -0.05) is 6.42 Å². The van der Waals surface area contributed by atoms with Crippen LogP contribution >= 0.6 is 0 Å². The number of aryl methyl sites for hydroxylation is 2. The van der Waals surface area contributed by atoms with E-state index >= 15 is 0 Å². The van der Waals surface area contributed by atoms with Crippen LogP contribution in [-0.2, 0) is 10.0 Å². The van der Waals surface area contributed by atoms with Crippen LogP contribution in [0.25, 0.3) is 0 Å². The predicted molar refractivity (Wildman–Crippen MR) is 68.3 cm³/mol. The first-order valence-electron chi connectivity index (χ1n) is 5.79. The molecular weight excluding hydrogens is 236 g/mol. The molecule has 0 radical (unpaired) electrons. The number of nitrogen functional groups attached to an aromatic ring is 1. The Morgan fingerprint density at radius 3 is 2.35 bits per heavy atom. The van der Waals surface area contributed by atoms with E-state index in [9.17, 15) is 8.42 Å². The van der Waals surface area contributed by atoms with Gasteiger partial charge in [-0.25, -0.2) is 13.1 Å². The maximum Gasteiger partial charge on any atom is 0.242 e. The molecule has 17 heavy (non-hydrogen) atoms. The van der Waals surface area contributed by atoms with Crippen LogP contribution in [0.2, 0.25) is 0 Å². The SMILES string of the molecule is Cc1cc(N)c(S(=O)(=O)NC2CCC2)cc1C. The maximum atomic E-state index is 12.1. The van der Waals surface area contributed by atoms with E-state index in [1.807, 2.05) is 13.8 Å². The Labute approximate surface area is 102 Å². The van der Waals surface area contributed by atoms with Gasteiger partial charge >= 0.3 is 0 Å². The standard InChI is InChI=1S/C12H18N2O2S/c1-8-6-11(13)12(7-9(8)2)17(15,16)14-10-4-3-5-10/h6-7,10,14H,3-5,13H2,1-2H3. The van der Waals surface area contributed by atoms with Crippen LogP contribution in [0.5, 0.6) is 0 Å². The molecule has 0 amide bonds. The molecule has 2 rings (SSSR count). The first kappa shape index (κ1) is 12.4. The minimum absolute atomic E-state index is 0.0843. The fourth-order valence-corrected chi connectivity index (χ4v) is 3.36. The molecule has 0 heterocycles. The van der Waals surface area contributed by atoms with Gasteiger partial charge in [0.05, 0.1) is 5.69 Å². The highest BCUT2D eigenvalue weighted by Gasteiger charge is 2.26. The van der Waals surface area contributed by atoms with Crippen molar-refractivity contribution < 1.29 is 8.42 Å². The lowest BCUT2D eigenvalue weighted by Crippen LogP contribution is -2.39. The van der Waals surface area contributed by atoms with E-state index in [0.29, 0.717) is 5.69 Å². The molecule has 4 nitrogen and oxygen atoms in total. The molecule has 0 unspecified atom stereocenters. The van der Waals surface area contributed by atoms with Crippen LogP contribution in [0.15, 0.2) is 17.0 Å². The van der Waals surface area contributed by atoms with Gasteiger partial charge in [-0.3, -0.25) is 0 Å². The Bertz CT molecular complexity index is 534. The summed E-state index contributed by atoms with van der Waals surface area (Å²) in [6.45, 7) is 3.80. The van der Waals surface area contributed by atoms with E-state index in [1.165, 1.54) is 0 Å². The number of anilines is 1. The van der Waals surface area contributed by atoms with Crippen LogP contribution in [0.4, 0.5) is 5.69 Å². The van der Waals surface area contributed by atoms with E-state index in [1.54, 1.807) is 12.1 Å². The quantitative estimate of drug-likeness (QED) is 0.807. The molecule has 94 valence electrons. The summed E-state index contributed by atoms with van der Waals surface area (Å²) in [6.07, 6.45) is 2.93. The van der Waals surface area contributed by atoms with Gasteiger partial charge in [0, 0.05) is 6.04 Å². The summed E-state index contributed by atoms with van der Waals surface area (Å²) in [5.74, 6) is 0. The van der Waals surface area contributed by atoms with Gasteiger partial charge in [-0.2, -0.15) is 0 Å². The molecule has 3 N–H and O–H groups in total. The van der Waals surface area contributed by atoms with Crippen LogP contribution in [0.3, 0.4) is 0 Å². The van der Waals surface area contributed by atoms with Crippen molar-refractivity contribution in [2.45, 2.75) is 44.0 Å². The van der Waals surface area contributed by atoms with Crippen molar-refractivity contribution in [1.82, 2.24) is 4.72 Å². The molecule has 0 aromatic heterocycles. The van der Waals surface area contributed by atoms with Crippen LogP contribution < -0.4 is 10.5 Å². The Balaban J connectivity index is 2.35. The second kappa shape index (κ2) is 4.31. The third kappa shape index (κ3) is 2.45. The van der Waals surface area contributed by atoms with Gasteiger partial charge < -0.3 is 5.73 Å². The minimum atomic E-state index is -3.47. The summed E-state index contributed by atoms with van der Waals surface area (Å²) < 4.78 is 26.9. The molecule has 0 saturated heterocycles. The Morgan fingerprint density at radius 1 is 1.24 bits per heavy atom. The van der Waals surface area contributed by atoms with Gasteiger partial charge in [-0.15, -0.1) is 0 Å². The number of benzene rings is 1. The lowest BCUT2D eigenvalue weighted by molar-refractivity contribution is 0.383. The molecule has 0 spiro atoms. The van der Waals surface area contributed by atoms with Crippen LogP contribution in [0, 0.1) is 13.8 Å². The number of hydrogen-bond donors (Lipinski definition) is 2. The molecular formula is C12H18N2O2S. The average molecular weight is 254 g/mol. The summed E-state index contributed by atoms with van der Waals surface area (Å²) in [7, 11) is -3.47. The van der Waals surface area contributed by atoms with Crippen molar-refractivity contribution in [2.24, 2.45) is 0 Å². The zero-order valence-electron chi connectivity index (χ0n) is 10.2. The summed E-state index contributed by atoms with van der Waals surface area (Å²) in [5.41, 5.74) is 8.05. The van der Waals surface area contributed by atoms with Gasteiger partial charge in [0.15, 0.2) is 0 Å². The van der Waals surface area contributed by atoms with Crippen molar-refractivity contribution in [3.63, 3.8) is 0 Å². The van der Waals surface area contributed by atoms with Crippen molar-refractivity contribution in [1.29, 1.82) is 0 Å². The first-order valence-corrected chi connectivity index (χ1v) is 7.27. The molecule has 5 heteroatoms. The second-order valence-electron chi connectivity index (χ2n) is 4.72. The Kier molecular flexibility index (Phi) is 3.14. The van der Waals surface area contributed by atoms with Crippen molar-refractivity contribution in [3.8, 4) is 0 Å². The predicted octanol–water partition coefficient (Wildman–Crippen LogP) is 1.72. The van der Waals surface area contributed by atoms with Crippen molar-refractivity contribution in [2.75, 3.05) is 5.73 Å². The van der Waals surface area contributed by atoms with E-state index in [2.05, 4.69) is 4.72 Å². The minimum Gasteiger partial charge on any atom is -0.398 e. The normalized spacial score (nSPS) is 16.8. The molecule has 1 aromatic rings. The number of rotatable bonds is 3. The van der Waals surface area contributed by atoms with Gasteiger partial charge in [0.1, 0.15) is 4.90 Å². The topological polar surface area (TPSA) is 72.2 Å². The van der Waals surface area contributed by atoms with Crippen molar-refractivity contribution in [3.05, 3.63) is 23.3 Å². The first-order chi connectivity index (χ1) is 7.90.